The molecule has 0 saturated heterocycles. The normalized spacial score (nSPS) is 13.2. The number of pyridine rings is 1. The number of nitrogens with zero attached hydrogens (tertiary/aromatic N) is 2. The molecule has 2 rings (SSSR count). The standard InChI is InChI=1S/C12H16BrN3/c1-8(14-3)7-11-15-12(13)10-6-4-5-9(2)16(10)11/h4-6,8,14H,7H2,1-3H3. The van der Waals surface area contributed by atoms with Gasteiger partial charge in [0.15, 0.2) is 0 Å². The molecule has 0 aliphatic carbocycles. The number of hydrogen-bond acceptors (Lipinski definition) is 2. The van der Waals surface area contributed by atoms with Crippen molar-refractivity contribution >= 4 is 21.4 Å². The van der Waals surface area contributed by atoms with Gasteiger partial charge in [-0.2, -0.15) is 0 Å². The summed E-state index contributed by atoms with van der Waals surface area (Å²) in [6, 6.07) is 6.67. The van der Waals surface area contributed by atoms with Gasteiger partial charge in [0.05, 0.1) is 5.52 Å². The van der Waals surface area contributed by atoms with Gasteiger partial charge in [-0.3, -0.25) is 4.40 Å². The Morgan fingerprint density at radius 1 is 1.50 bits per heavy atom. The molecule has 16 heavy (non-hydrogen) atoms. The second-order valence-corrected chi connectivity index (χ2v) is 4.85. The van der Waals surface area contributed by atoms with Gasteiger partial charge in [-0.25, -0.2) is 4.98 Å². The molecule has 0 amide bonds. The van der Waals surface area contributed by atoms with Crippen molar-refractivity contribution in [1.29, 1.82) is 0 Å². The third-order valence-corrected chi connectivity index (χ3v) is 3.45. The van der Waals surface area contributed by atoms with Crippen LogP contribution in [0.25, 0.3) is 5.52 Å². The molecular weight excluding hydrogens is 266 g/mol. The van der Waals surface area contributed by atoms with E-state index in [1.165, 1.54) is 5.69 Å². The van der Waals surface area contributed by atoms with Gasteiger partial charge in [-0.05, 0) is 49.0 Å². The van der Waals surface area contributed by atoms with Crippen molar-refractivity contribution in [3.8, 4) is 0 Å². The van der Waals surface area contributed by atoms with E-state index in [0.717, 1.165) is 22.4 Å². The van der Waals surface area contributed by atoms with Crippen LogP contribution in [0.1, 0.15) is 18.4 Å². The number of nitrogens with one attached hydrogen (secondary N) is 1. The van der Waals surface area contributed by atoms with Gasteiger partial charge in [0.1, 0.15) is 10.4 Å². The molecule has 0 aliphatic heterocycles. The highest BCUT2D eigenvalue weighted by atomic mass is 79.9. The van der Waals surface area contributed by atoms with Gasteiger partial charge in [0.25, 0.3) is 0 Å². The van der Waals surface area contributed by atoms with Crippen LogP contribution >= 0.6 is 15.9 Å². The molecule has 2 aromatic heterocycles. The summed E-state index contributed by atoms with van der Waals surface area (Å²) in [7, 11) is 1.97. The summed E-state index contributed by atoms with van der Waals surface area (Å²) in [5.74, 6) is 1.10. The minimum atomic E-state index is 0.428. The molecule has 0 aromatic carbocycles. The topological polar surface area (TPSA) is 29.3 Å². The van der Waals surface area contributed by atoms with Crippen LogP contribution in [0.15, 0.2) is 22.8 Å². The van der Waals surface area contributed by atoms with Crippen LogP contribution in [-0.2, 0) is 6.42 Å². The number of halogens is 1. The van der Waals surface area contributed by atoms with Crippen LogP contribution in [0.4, 0.5) is 0 Å². The zero-order chi connectivity index (χ0) is 11.7. The first-order chi connectivity index (χ1) is 7.63. The fourth-order valence-corrected chi connectivity index (χ4v) is 2.37. The summed E-state index contributed by atoms with van der Waals surface area (Å²) >= 11 is 3.51. The Bertz CT molecular complexity index is 504. The lowest BCUT2D eigenvalue weighted by molar-refractivity contribution is 0.588. The summed E-state index contributed by atoms with van der Waals surface area (Å²) in [5, 5.41) is 3.24. The molecule has 0 aliphatic rings. The van der Waals surface area contributed by atoms with Gasteiger partial charge < -0.3 is 5.32 Å². The Morgan fingerprint density at radius 3 is 2.94 bits per heavy atom. The van der Waals surface area contributed by atoms with Crippen LogP contribution in [0.2, 0.25) is 0 Å². The smallest absolute Gasteiger partial charge is 0.132 e. The SMILES string of the molecule is CNC(C)Cc1nc(Br)c2cccc(C)n12. The molecule has 0 bridgehead atoms. The molecule has 0 radical (unpaired) electrons. The number of aryl methyl sites for hydroxylation is 1. The first kappa shape index (κ1) is 11.6. The van der Waals surface area contributed by atoms with Crippen LogP contribution in [0.5, 0.6) is 0 Å². The van der Waals surface area contributed by atoms with Crippen molar-refractivity contribution in [2.24, 2.45) is 0 Å². The lowest BCUT2D eigenvalue weighted by Gasteiger charge is -2.10. The zero-order valence-corrected chi connectivity index (χ0v) is 11.4. The summed E-state index contributed by atoms with van der Waals surface area (Å²) in [4.78, 5) is 4.58. The Morgan fingerprint density at radius 2 is 2.25 bits per heavy atom. The van der Waals surface area contributed by atoms with Crippen molar-refractivity contribution in [2.75, 3.05) is 7.05 Å². The second-order valence-electron chi connectivity index (χ2n) is 4.10. The highest BCUT2D eigenvalue weighted by molar-refractivity contribution is 9.10. The van der Waals surface area contributed by atoms with Gasteiger partial charge in [-0.1, -0.05) is 6.07 Å². The van der Waals surface area contributed by atoms with Gasteiger partial charge in [0.2, 0.25) is 0 Å². The van der Waals surface area contributed by atoms with Crippen molar-refractivity contribution in [3.63, 3.8) is 0 Å². The zero-order valence-electron chi connectivity index (χ0n) is 9.79. The number of aromatic nitrogens is 2. The van der Waals surface area contributed by atoms with E-state index in [9.17, 15) is 0 Å². The van der Waals surface area contributed by atoms with Crippen LogP contribution in [0.3, 0.4) is 0 Å². The van der Waals surface area contributed by atoms with Crippen molar-refractivity contribution in [3.05, 3.63) is 34.3 Å². The van der Waals surface area contributed by atoms with E-state index in [1.54, 1.807) is 0 Å². The highest BCUT2D eigenvalue weighted by Crippen LogP contribution is 2.21. The molecular formula is C12H16BrN3. The lowest BCUT2D eigenvalue weighted by atomic mass is 10.2. The Kier molecular flexibility index (Phi) is 3.30. The third-order valence-electron chi connectivity index (χ3n) is 2.86. The number of fused-ring (bicyclic) bond motifs is 1. The highest BCUT2D eigenvalue weighted by Gasteiger charge is 2.12. The fourth-order valence-electron chi connectivity index (χ4n) is 1.85. The molecule has 1 N–H and O–H groups in total. The molecule has 86 valence electrons. The van der Waals surface area contributed by atoms with E-state index in [0.29, 0.717) is 6.04 Å². The molecule has 0 spiro atoms. The van der Waals surface area contributed by atoms with E-state index < -0.39 is 0 Å². The maximum Gasteiger partial charge on any atom is 0.132 e. The molecule has 3 nitrogen and oxygen atoms in total. The maximum atomic E-state index is 4.58. The first-order valence-corrected chi connectivity index (χ1v) is 6.22. The molecule has 2 heterocycles. The predicted octanol–water partition coefficient (Wildman–Crippen LogP) is 2.56. The summed E-state index contributed by atoms with van der Waals surface area (Å²) in [5.41, 5.74) is 2.35. The number of likely N-dealkylation sites (N-methyl/N-ethyl adjacent to an activating group) is 1. The summed E-state index contributed by atoms with van der Waals surface area (Å²) in [6.45, 7) is 4.27. The average Bonchev–Trinajstić information content (AvgIpc) is 2.57. The van der Waals surface area contributed by atoms with E-state index in [4.69, 9.17) is 0 Å². The minimum absolute atomic E-state index is 0.428. The van der Waals surface area contributed by atoms with Crippen LogP contribution in [0, 0.1) is 6.92 Å². The summed E-state index contributed by atoms with van der Waals surface area (Å²) < 4.78 is 3.13. The fraction of sp³-hybridized carbons (Fsp3) is 0.417. The lowest BCUT2D eigenvalue weighted by Crippen LogP contribution is -2.24. The van der Waals surface area contributed by atoms with E-state index in [2.05, 4.69) is 62.7 Å². The number of rotatable bonds is 3. The van der Waals surface area contributed by atoms with Gasteiger partial charge in [-0.15, -0.1) is 0 Å². The molecule has 1 unspecified atom stereocenters. The third kappa shape index (κ3) is 1.99. The summed E-state index contributed by atoms with van der Waals surface area (Å²) in [6.07, 6.45) is 0.925. The number of imidazole rings is 1. The molecule has 1 atom stereocenters. The Balaban J connectivity index is 2.53. The first-order valence-electron chi connectivity index (χ1n) is 5.43. The molecule has 2 aromatic rings. The number of hydrogen-bond donors (Lipinski definition) is 1. The van der Waals surface area contributed by atoms with E-state index in [-0.39, 0.29) is 0 Å². The minimum Gasteiger partial charge on any atom is -0.317 e. The van der Waals surface area contributed by atoms with Crippen molar-refractivity contribution in [1.82, 2.24) is 14.7 Å². The second kappa shape index (κ2) is 4.55. The van der Waals surface area contributed by atoms with E-state index in [1.807, 2.05) is 7.05 Å². The molecule has 0 saturated carbocycles. The Labute approximate surface area is 104 Å². The van der Waals surface area contributed by atoms with Gasteiger partial charge >= 0.3 is 0 Å². The monoisotopic (exact) mass is 281 g/mol. The van der Waals surface area contributed by atoms with Crippen LogP contribution in [-0.4, -0.2) is 22.5 Å². The molecule has 0 fully saturated rings. The quantitative estimate of drug-likeness (QED) is 0.937. The van der Waals surface area contributed by atoms with Gasteiger partial charge in [0, 0.05) is 18.2 Å². The predicted molar refractivity (Wildman–Crippen MR) is 69.9 cm³/mol. The Hall–Kier alpha value is -0.870. The van der Waals surface area contributed by atoms with E-state index >= 15 is 0 Å². The molecule has 4 heteroatoms. The van der Waals surface area contributed by atoms with Crippen LogP contribution < -0.4 is 5.32 Å². The largest absolute Gasteiger partial charge is 0.317 e. The van der Waals surface area contributed by atoms with Crippen molar-refractivity contribution in [2.45, 2.75) is 26.3 Å². The van der Waals surface area contributed by atoms with Crippen molar-refractivity contribution < 1.29 is 0 Å². The average molecular weight is 282 g/mol. The maximum absolute atomic E-state index is 4.58.